The van der Waals surface area contributed by atoms with Crippen LogP contribution in [0.15, 0.2) is 48.5 Å². The summed E-state index contributed by atoms with van der Waals surface area (Å²) in [4.78, 5) is 1.39. The third-order valence-electron chi connectivity index (χ3n) is 3.16. The second-order valence-corrected chi connectivity index (χ2v) is 5.90. The Morgan fingerprint density at radius 1 is 1.05 bits per heavy atom. The highest BCUT2D eigenvalue weighted by molar-refractivity contribution is 7.80. The Hall–Kier alpha value is -1.98. The summed E-state index contributed by atoms with van der Waals surface area (Å²) in [5.74, 6) is -0.317. The minimum absolute atomic E-state index is 0.317. The van der Waals surface area contributed by atoms with Gasteiger partial charge in [0.25, 0.3) is 0 Å². The highest BCUT2D eigenvalue weighted by Gasteiger charge is 2.03. The van der Waals surface area contributed by atoms with Crippen molar-refractivity contribution in [1.82, 2.24) is 5.32 Å². The van der Waals surface area contributed by atoms with E-state index in [4.69, 9.17) is 12.2 Å². The molecular weight excluding hydrogens is 297 g/mol. The van der Waals surface area contributed by atoms with E-state index in [9.17, 15) is 4.39 Å². The van der Waals surface area contributed by atoms with Gasteiger partial charge in [-0.15, -0.1) is 0 Å². The standard InChI is InChI=1S/C17H20FN3S/c1-21(2)12-14-9-7-13(8-10-14)11-19-17(22)20-16-6-4-3-5-15(16)18/h3-10H,11-12H2,1-2H3,(H2,19,20,22)/p+1. The van der Waals surface area contributed by atoms with Gasteiger partial charge in [-0.2, -0.15) is 0 Å². The number of benzene rings is 2. The molecule has 0 spiro atoms. The van der Waals surface area contributed by atoms with Crippen LogP contribution in [0.1, 0.15) is 11.1 Å². The first-order valence-electron chi connectivity index (χ1n) is 7.21. The van der Waals surface area contributed by atoms with Gasteiger partial charge in [0, 0.05) is 12.1 Å². The average Bonchev–Trinajstić information content (AvgIpc) is 2.48. The van der Waals surface area contributed by atoms with Crippen LogP contribution in [0.5, 0.6) is 0 Å². The van der Waals surface area contributed by atoms with Crippen molar-refractivity contribution in [2.24, 2.45) is 0 Å². The van der Waals surface area contributed by atoms with Crippen molar-refractivity contribution in [3.8, 4) is 0 Å². The summed E-state index contributed by atoms with van der Waals surface area (Å²) >= 11 is 5.19. The summed E-state index contributed by atoms with van der Waals surface area (Å²) < 4.78 is 13.5. The smallest absolute Gasteiger partial charge is 0.171 e. The number of rotatable bonds is 5. The third-order valence-corrected chi connectivity index (χ3v) is 3.40. The van der Waals surface area contributed by atoms with E-state index in [1.54, 1.807) is 18.2 Å². The first kappa shape index (κ1) is 16.4. The molecule has 3 N–H and O–H groups in total. The van der Waals surface area contributed by atoms with E-state index >= 15 is 0 Å². The maximum absolute atomic E-state index is 13.5. The molecule has 2 aromatic rings. The van der Waals surface area contributed by atoms with Crippen LogP contribution in [0.4, 0.5) is 10.1 Å². The van der Waals surface area contributed by atoms with E-state index in [1.807, 2.05) is 0 Å². The molecule has 0 heterocycles. The number of anilines is 1. The number of halogens is 1. The fourth-order valence-electron chi connectivity index (χ4n) is 2.09. The van der Waals surface area contributed by atoms with E-state index in [1.165, 1.54) is 16.5 Å². The van der Waals surface area contributed by atoms with Gasteiger partial charge in [0.1, 0.15) is 12.4 Å². The van der Waals surface area contributed by atoms with Crippen LogP contribution in [-0.4, -0.2) is 19.2 Å². The van der Waals surface area contributed by atoms with E-state index < -0.39 is 0 Å². The van der Waals surface area contributed by atoms with Crippen molar-refractivity contribution in [1.29, 1.82) is 0 Å². The number of para-hydroxylation sites is 1. The minimum Gasteiger partial charge on any atom is -0.358 e. The number of hydrogen-bond acceptors (Lipinski definition) is 1. The zero-order chi connectivity index (χ0) is 15.9. The van der Waals surface area contributed by atoms with E-state index in [-0.39, 0.29) is 5.82 Å². The first-order valence-corrected chi connectivity index (χ1v) is 7.61. The van der Waals surface area contributed by atoms with Crippen LogP contribution >= 0.6 is 12.2 Å². The van der Waals surface area contributed by atoms with Gasteiger partial charge < -0.3 is 15.5 Å². The van der Waals surface area contributed by atoms with Gasteiger partial charge in [-0.25, -0.2) is 4.39 Å². The molecule has 22 heavy (non-hydrogen) atoms. The first-order chi connectivity index (χ1) is 10.5. The van der Waals surface area contributed by atoms with Gasteiger partial charge in [-0.05, 0) is 29.9 Å². The van der Waals surface area contributed by atoms with Crippen molar-refractivity contribution in [2.45, 2.75) is 13.1 Å². The molecule has 0 aliphatic rings. The molecule has 0 amide bonds. The normalized spacial score (nSPS) is 10.5. The summed E-state index contributed by atoms with van der Waals surface area (Å²) in [5, 5.41) is 6.35. The fraction of sp³-hybridized carbons (Fsp3) is 0.235. The quantitative estimate of drug-likeness (QED) is 0.736. The maximum Gasteiger partial charge on any atom is 0.171 e. The molecule has 0 saturated carbocycles. The minimum atomic E-state index is -0.317. The van der Waals surface area contributed by atoms with E-state index in [0.29, 0.717) is 17.3 Å². The summed E-state index contributed by atoms with van der Waals surface area (Å²) in [5.41, 5.74) is 2.82. The summed E-state index contributed by atoms with van der Waals surface area (Å²) in [6.07, 6.45) is 0. The zero-order valence-electron chi connectivity index (χ0n) is 12.8. The lowest BCUT2D eigenvalue weighted by atomic mass is 10.1. The van der Waals surface area contributed by atoms with Crippen LogP contribution in [0.2, 0.25) is 0 Å². The predicted octanol–water partition coefficient (Wildman–Crippen LogP) is 1.96. The molecule has 0 radical (unpaired) electrons. The number of quaternary nitrogens is 1. The van der Waals surface area contributed by atoms with E-state index in [2.05, 4.69) is 49.0 Å². The van der Waals surface area contributed by atoms with Crippen molar-refractivity contribution in [3.05, 3.63) is 65.5 Å². The summed E-state index contributed by atoms with van der Waals surface area (Å²) in [6, 6.07) is 14.9. The lowest BCUT2D eigenvalue weighted by molar-refractivity contribution is -0.872. The van der Waals surface area contributed by atoms with E-state index in [0.717, 1.165) is 12.1 Å². The lowest BCUT2D eigenvalue weighted by Gasteiger charge is -2.12. The zero-order valence-corrected chi connectivity index (χ0v) is 13.6. The molecule has 0 aliphatic carbocycles. The lowest BCUT2D eigenvalue weighted by Crippen LogP contribution is -3.04. The fourth-order valence-corrected chi connectivity index (χ4v) is 2.28. The van der Waals surface area contributed by atoms with Crippen LogP contribution < -0.4 is 15.5 Å². The number of thiocarbonyl (C=S) groups is 1. The molecule has 0 unspecified atom stereocenters. The van der Waals surface area contributed by atoms with Crippen molar-refractivity contribution >= 4 is 23.0 Å². The highest BCUT2D eigenvalue weighted by Crippen LogP contribution is 2.12. The highest BCUT2D eigenvalue weighted by atomic mass is 32.1. The monoisotopic (exact) mass is 318 g/mol. The molecule has 116 valence electrons. The maximum atomic E-state index is 13.5. The number of hydrogen-bond donors (Lipinski definition) is 3. The van der Waals surface area contributed by atoms with Gasteiger partial charge in [0.15, 0.2) is 5.11 Å². The Kier molecular flexibility index (Phi) is 5.86. The second kappa shape index (κ2) is 7.87. The molecule has 2 rings (SSSR count). The summed E-state index contributed by atoms with van der Waals surface area (Å²) in [6.45, 7) is 1.61. The van der Waals surface area contributed by atoms with Crippen LogP contribution in [0, 0.1) is 5.82 Å². The molecule has 0 bridgehead atoms. The molecule has 0 aliphatic heterocycles. The van der Waals surface area contributed by atoms with Crippen molar-refractivity contribution in [3.63, 3.8) is 0 Å². The Labute approximate surface area is 136 Å². The topological polar surface area (TPSA) is 28.5 Å². The molecule has 2 aromatic carbocycles. The van der Waals surface area contributed by atoms with Gasteiger partial charge in [0.05, 0.1) is 19.8 Å². The largest absolute Gasteiger partial charge is 0.358 e. The molecule has 0 aromatic heterocycles. The summed E-state index contributed by atoms with van der Waals surface area (Å²) in [7, 11) is 4.25. The van der Waals surface area contributed by atoms with Crippen LogP contribution in [0.3, 0.4) is 0 Å². The molecule has 0 atom stereocenters. The second-order valence-electron chi connectivity index (χ2n) is 5.49. The SMILES string of the molecule is C[NH+](C)Cc1ccc(CNC(=S)Nc2ccccc2F)cc1. The predicted molar refractivity (Wildman–Crippen MR) is 92.4 cm³/mol. The van der Waals surface area contributed by atoms with Gasteiger partial charge >= 0.3 is 0 Å². The van der Waals surface area contributed by atoms with Gasteiger partial charge in [-0.1, -0.05) is 36.4 Å². The molecular formula is C17H21FN3S+. The Morgan fingerprint density at radius 3 is 2.32 bits per heavy atom. The molecule has 0 saturated heterocycles. The van der Waals surface area contributed by atoms with Crippen LogP contribution in [-0.2, 0) is 13.1 Å². The molecule has 5 heteroatoms. The third kappa shape index (κ3) is 5.09. The Morgan fingerprint density at radius 2 is 1.68 bits per heavy atom. The van der Waals surface area contributed by atoms with Gasteiger partial charge in [-0.3, -0.25) is 0 Å². The van der Waals surface area contributed by atoms with Crippen molar-refractivity contribution in [2.75, 3.05) is 19.4 Å². The Bertz CT molecular complexity index is 626. The van der Waals surface area contributed by atoms with Crippen molar-refractivity contribution < 1.29 is 9.29 Å². The number of nitrogens with one attached hydrogen (secondary N) is 3. The molecule has 3 nitrogen and oxygen atoms in total. The van der Waals surface area contributed by atoms with Crippen LogP contribution in [0.25, 0.3) is 0 Å². The Balaban J connectivity index is 1.85. The average molecular weight is 318 g/mol. The van der Waals surface area contributed by atoms with Gasteiger partial charge in [0.2, 0.25) is 0 Å². The molecule has 0 fully saturated rings.